The van der Waals surface area contributed by atoms with Crippen molar-refractivity contribution in [2.75, 3.05) is 12.3 Å². The number of hydrogen-bond donors (Lipinski definition) is 1. The monoisotopic (exact) mass is 271 g/mol. The van der Waals surface area contributed by atoms with E-state index in [9.17, 15) is 0 Å². The van der Waals surface area contributed by atoms with Crippen LogP contribution in [0, 0.1) is 5.92 Å². The van der Waals surface area contributed by atoms with Crippen molar-refractivity contribution < 1.29 is 0 Å². The highest BCUT2D eigenvalue weighted by atomic mass is 32.2. The van der Waals surface area contributed by atoms with Crippen LogP contribution in [-0.4, -0.2) is 23.6 Å². The first-order valence-corrected chi connectivity index (χ1v) is 9.12. The number of thioether (sulfide) groups is 1. The Morgan fingerprint density at radius 3 is 2.83 bits per heavy atom. The van der Waals surface area contributed by atoms with E-state index in [1.54, 1.807) is 0 Å². The highest BCUT2D eigenvalue weighted by Crippen LogP contribution is 2.31. The fourth-order valence-corrected chi connectivity index (χ4v) is 4.23. The molecule has 108 valence electrons. The molecule has 1 N–H and O–H groups in total. The molecule has 1 fully saturated rings. The first kappa shape index (κ1) is 16.4. The number of unbranched alkanes of at least 4 members (excludes halogenated alkanes) is 2. The van der Waals surface area contributed by atoms with Gasteiger partial charge in [-0.25, -0.2) is 0 Å². The SMILES string of the molecule is CCCCCC(C)NCCSC1CCCC(C)C1. The molecule has 1 saturated carbocycles. The van der Waals surface area contributed by atoms with E-state index in [0.29, 0.717) is 6.04 Å². The van der Waals surface area contributed by atoms with Gasteiger partial charge in [-0.15, -0.1) is 0 Å². The molecule has 0 aromatic rings. The highest BCUT2D eigenvalue weighted by molar-refractivity contribution is 7.99. The third-order valence-electron chi connectivity index (χ3n) is 4.08. The highest BCUT2D eigenvalue weighted by Gasteiger charge is 2.18. The summed E-state index contributed by atoms with van der Waals surface area (Å²) in [5.41, 5.74) is 0. The van der Waals surface area contributed by atoms with Crippen LogP contribution in [-0.2, 0) is 0 Å². The van der Waals surface area contributed by atoms with Gasteiger partial charge in [0, 0.05) is 23.6 Å². The predicted molar refractivity (Wildman–Crippen MR) is 85.5 cm³/mol. The van der Waals surface area contributed by atoms with E-state index in [1.807, 2.05) is 0 Å². The molecule has 0 bridgehead atoms. The lowest BCUT2D eigenvalue weighted by Gasteiger charge is -2.26. The van der Waals surface area contributed by atoms with Crippen LogP contribution in [0.3, 0.4) is 0 Å². The van der Waals surface area contributed by atoms with Gasteiger partial charge in [0.05, 0.1) is 0 Å². The maximum absolute atomic E-state index is 3.67. The van der Waals surface area contributed by atoms with Crippen molar-refractivity contribution >= 4 is 11.8 Å². The van der Waals surface area contributed by atoms with Gasteiger partial charge in [0.25, 0.3) is 0 Å². The molecule has 1 rings (SSSR count). The molecule has 2 heteroatoms. The topological polar surface area (TPSA) is 12.0 Å². The van der Waals surface area contributed by atoms with Crippen LogP contribution in [0.25, 0.3) is 0 Å². The average molecular weight is 272 g/mol. The van der Waals surface area contributed by atoms with Crippen molar-refractivity contribution in [3.63, 3.8) is 0 Å². The Hall–Kier alpha value is 0.310. The summed E-state index contributed by atoms with van der Waals surface area (Å²) in [5, 5.41) is 4.62. The molecule has 0 saturated heterocycles. The molecular formula is C16H33NS. The molecule has 0 heterocycles. The zero-order valence-corrected chi connectivity index (χ0v) is 13.5. The van der Waals surface area contributed by atoms with E-state index >= 15 is 0 Å². The number of nitrogens with one attached hydrogen (secondary N) is 1. The molecule has 0 aliphatic heterocycles. The largest absolute Gasteiger partial charge is 0.313 e. The van der Waals surface area contributed by atoms with Crippen molar-refractivity contribution in [3.8, 4) is 0 Å². The van der Waals surface area contributed by atoms with Crippen molar-refractivity contribution in [1.82, 2.24) is 5.32 Å². The lowest BCUT2D eigenvalue weighted by molar-refractivity contribution is 0.394. The summed E-state index contributed by atoms with van der Waals surface area (Å²) in [4.78, 5) is 0. The first-order chi connectivity index (χ1) is 8.72. The van der Waals surface area contributed by atoms with E-state index in [4.69, 9.17) is 0 Å². The van der Waals surface area contributed by atoms with Crippen molar-refractivity contribution in [3.05, 3.63) is 0 Å². The van der Waals surface area contributed by atoms with Crippen molar-refractivity contribution in [1.29, 1.82) is 0 Å². The Bertz CT molecular complexity index is 196. The predicted octanol–water partition coefficient (Wildman–Crippen LogP) is 4.86. The molecule has 1 aliphatic rings. The second kappa shape index (κ2) is 10.1. The van der Waals surface area contributed by atoms with E-state index in [1.165, 1.54) is 63.7 Å². The fourth-order valence-electron chi connectivity index (χ4n) is 2.86. The lowest BCUT2D eigenvalue weighted by atomic mass is 9.91. The van der Waals surface area contributed by atoms with Gasteiger partial charge in [0.2, 0.25) is 0 Å². The summed E-state index contributed by atoms with van der Waals surface area (Å²) in [6.07, 6.45) is 11.3. The summed E-state index contributed by atoms with van der Waals surface area (Å²) in [6.45, 7) is 8.23. The second-order valence-electron chi connectivity index (χ2n) is 6.12. The molecule has 0 spiro atoms. The molecular weight excluding hydrogens is 238 g/mol. The molecule has 18 heavy (non-hydrogen) atoms. The van der Waals surface area contributed by atoms with Gasteiger partial charge in [-0.2, -0.15) is 11.8 Å². The van der Waals surface area contributed by atoms with E-state index in [-0.39, 0.29) is 0 Å². The smallest absolute Gasteiger partial charge is 0.00609 e. The van der Waals surface area contributed by atoms with Gasteiger partial charge in [-0.05, 0) is 32.1 Å². The number of hydrogen-bond acceptors (Lipinski definition) is 2. The van der Waals surface area contributed by atoms with Gasteiger partial charge in [-0.1, -0.05) is 46.0 Å². The molecule has 0 amide bonds. The van der Waals surface area contributed by atoms with Crippen molar-refractivity contribution in [2.24, 2.45) is 5.92 Å². The Morgan fingerprint density at radius 2 is 2.11 bits per heavy atom. The van der Waals surface area contributed by atoms with Gasteiger partial charge in [-0.3, -0.25) is 0 Å². The Kier molecular flexibility index (Phi) is 9.22. The minimum absolute atomic E-state index is 0.711. The van der Waals surface area contributed by atoms with Gasteiger partial charge in [0.1, 0.15) is 0 Å². The second-order valence-corrected chi connectivity index (χ2v) is 7.52. The zero-order chi connectivity index (χ0) is 13.2. The minimum atomic E-state index is 0.711. The Morgan fingerprint density at radius 1 is 1.28 bits per heavy atom. The molecule has 0 aromatic carbocycles. The van der Waals surface area contributed by atoms with Crippen molar-refractivity contribution in [2.45, 2.75) is 83.4 Å². The third-order valence-corrected chi connectivity index (χ3v) is 5.42. The summed E-state index contributed by atoms with van der Waals surface area (Å²) in [6, 6.07) is 0.711. The molecule has 3 unspecified atom stereocenters. The molecule has 0 radical (unpaired) electrons. The van der Waals surface area contributed by atoms with Gasteiger partial charge >= 0.3 is 0 Å². The van der Waals surface area contributed by atoms with Crippen LogP contribution in [0.15, 0.2) is 0 Å². The third kappa shape index (κ3) is 7.68. The standard InChI is InChI=1S/C16H33NS/c1-4-5-6-9-15(3)17-11-12-18-16-10-7-8-14(2)13-16/h14-17H,4-13H2,1-3H3. The lowest BCUT2D eigenvalue weighted by Crippen LogP contribution is -2.28. The summed E-state index contributed by atoms with van der Waals surface area (Å²) in [7, 11) is 0. The Balaban J connectivity index is 1.94. The van der Waals surface area contributed by atoms with Crippen LogP contribution in [0.4, 0.5) is 0 Å². The van der Waals surface area contributed by atoms with E-state index < -0.39 is 0 Å². The van der Waals surface area contributed by atoms with Crippen LogP contribution in [0.5, 0.6) is 0 Å². The zero-order valence-electron chi connectivity index (χ0n) is 12.7. The van der Waals surface area contributed by atoms with Crippen LogP contribution in [0.2, 0.25) is 0 Å². The van der Waals surface area contributed by atoms with Crippen LogP contribution in [0.1, 0.15) is 72.1 Å². The van der Waals surface area contributed by atoms with E-state index in [2.05, 4.69) is 37.8 Å². The summed E-state index contributed by atoms with van der Waals surface area (Å²) >= 11 is 2.21. The maximum atomic E-state index is 3.67. The quantitative estimate of drug-likeness (QED) is 0.601. The normalized spacial score (nSPS) is 26.2. The van der Waals surface area contributed by atoms with Crippen LogP contribution < -0.4 is 5.32 Å². The maximum Gasteiger partial charge on any atom is 0.00609 e. The average Bonchev–Trinajstić information content (AvgIpc) is 2.35. The molecule has 3 atom stereocenters. The van der Waals surface area contributed by atoms with Gasteiger partial charge in [0.15, 0.2) is 0 Å². The molecule has 1 aliphatic carbocycles. The molecule has 0 aromatic heterocycles. The minimum Gasteiger partial charge on any atom is -0.313 e. The van der Waals surface area contributed by atoms with Crippen LogP contribution >= 0.6 is 11.8 Å². The van der Waals surface area contributed by atoms with E-state index in [0.717, 1.165) is 11.2 Å². The first-order valence-electron chi connectivity index (χ1n) is 8.07. The summed E-state index contributed by atoms with van der Waals surface area (Å²) < 4.78 is 0. The Labute approximate surface area is 119 Å². The fraction of sp³-hybridized carbons (Fsp3) is 1.00. The van der Waals surface area contributed by atoms with Gasteiger partial charge < -0.3 is 5.32 Å². The molecule has 1 nitrogen and oxygen atoms in total. The summed E-state index contributed by atoms with van der Waals surface area (Å²) in [5.74, 6) is 2.27. The number of rotatable bonds is 9.